The van der Waals surface area contributed by atoms with Gasteiger partial charge >= 0.3 is 0 Å². The Bertz CT molecular complexity index is 525. The summed E-state index contributed by atoms with van der Waals surface area (Å²) in [7, 11) is 1.91. The van der Waals surface area contributed by atoms with E-state index in [4.69, 9.17) is 4.74 Å². The van der Waals surface area contributed by atoms with Crippen LogP contribution in [0.2, 0.25) is 0 Å². The number of alkyl halides is 1. The maximum atomic E-state index is 5.90. The number of hydrogen-bond donors (Lipinski definition) is 0. The van der Waals surface area contributed by atoms with Crippen molar-refractivity contribution >= 4 is 15.9 Å². The highest BCUT2D eigenvalue weighted by Crippen LogP contribution is 2.26. The Balaban J connectivity index is 2.14. The SMILES string of the molecule is Cc1cc(CBr)cc(C)c1OCc1cnn(C)c1. The van der Waals surface area contributed by atoms with Gasteiger partial charge in [-0.05, 0) is 30.5 Å². The van der Waals surface area contributed by atoms with Crippen molar-refractivity contribution in [3.05, 3.63) is 46.8 Å². The molecule has 3 nitrogen and oxygen atoms in total. The van der Waals surface area contributed by atoms with Gasteiger partial charge in [0.2, 0.25) is 0 Å². The molecule has 4 heteroatoms. The monoisotopic (exact) mass is 308 g/mol. The summed E-state index contributed by atoms with van der Waals surface area (Å²) >= 11 is 3.48. The van der Waals surface area contributed by atoms with Crippen molar-refractivity contribution in [3.8, 4) is 5.75 Å². The second-order valence-electron chi connectivity index (χ2n) is 4.50. The third-order valence-electron chi connectivity index (χ3n) is 2.82. The van der Waals surface area contributed by atoms with Crippen LogP contribution in [0.3, 0.4) is 0 Å². The molecule has 96 valence electrons. The molecule has 0 saturated carbocycles. The summed E-state index contributed by atoms with van der Waals surface area (Å²) < 4.78 is 7.68. The average molecular weight is 309 g/mol. The zero-order chi connectivity index (χ0) is 13.1. The molecule has 1 aromatic carbocycles. The standard InChI is InChI=1S/C14H17BrN2O/c1-10-4-12(6-15)5-11(2)14(10)18-9-13-7-16-17(3)8-13/h4-5,7-8H,6,9H2,1-3H3. The van der Waals surface area contributed by atoms with Crippen LogP contribution in [0.4, 0.5) is 0 Å². The lowest BCUT2D eigenvalue weighted by atomic mass is 10.1. The van der Waals surface area contributed by atoms with Gasteiger partial charge in [-0.15, -0.1) is 0 Å². The minimum atomic E-state index is 0.559. The van der Waals surface area contributed by atoms with Gasteiger partial charge in [-0.25, -0.2) is 0 Å². The van der Waals surface area contributed by atoms with E-state index < -0.39 is 0 Å². The Hall–Kier alpha value is -1.29. The minimum Gasteiger partial charge on any atom is -0.488 e. The van der Waals surface area contributed by atoms with Crippen molar-refractivity contribution in [1.82, 2.24) is 9.78 Å². The van der Waals surface area contributed by atoms with Gasteiger partial charge in [0.25, 0.3) is 0 Å². The fourth-order valence-corrected chi connectivity index (χ4v) is 2.37. The first-order valence-electron chi connectivity index (χ1n) is 5.86. The lowest BCUT2D eigenvalue weighted by molar-refractivity contribution is 0.302. The Morgan fingerprint density at radius 3 is 2.39 bits per heavy atom. The van der Waals surface area contributed by atoms with E-state index in [9.17, 15) is 0 Å². The molecule has 0 amide bonds. The molecule has 0 radical (unpaired) electrons. The number of hydrogen-bond acceptors (Lipinski definition) is 2. The Morgan fingerprint density at radius 1 is 1.22 bits per heavy atom. The molecule has 0 aliphatic heterocycles. The molecule has 0 bridgehead atoms. The van der Waals surface area contributed by atoms with Gasteiger partial charge in [0.15, 0.2) is 0 Å². The number of halogens is 1. The molecule has 0 N–H and O–H groups in total. The molecule has 0 aliphatic rings. The van der Waals surface area contributed by atoms with Crippen molar-refractivity contribution in [2.75, 3.05) is 0 Å². The summed E-state index contributed by atoms with van der Waals surface area (Å²) in [6, 6.07) is 4.31. The molecule has 1 heterocycles. The molecule has 2 aromatic rings. The normalized spacial score (nSPS) is 10.7. The van der Waals surface area contributed by atoms with Gasteiger partial charge in [0.1, 0.15) is 12.4 Å². The minimum absolute atomic E-state index is 0.559. The second kappa shape index (κ2) is 5.57. The molecule has 0 atom stereocenters. The summed E-state index contributed by atoms with van der Waals surface area (Å²) in [6.07, 6.45) is 3.80. The van der Waals surface area contributed by atoms with E-state index in [0.717, 1.165) is 16.6 Å². The number of rotatable bonds is 4. The van der Waals surface area contributed by atoms with Crippen LogP contribution in [0.1, 0.15) is 22.3 Å². The zero-order valence-electron chi connectivity index (χ0n) is 10.9. The van der Waals surface area contributed by atoms with E-state index >= 15 is 0 Å². The molecular formula is C14H17BrN2O. The largest absolute Gasteiger partial charge is 0.488 e. The smallest absolute Gasteiger partial charge is 0.125 e. The summed E-state index contributed by atoms with van der Waals surface area (Å²) in [6.45, 7) is 4.72. The van der Waals surface area contributed by atoms with E-state index in [1.807, 2.05) is 19.4 Å². The predicted molar refractivity (Wildman–Crippen MR) is 76.1 cm³/mol. The van der Waals surface area contributed by atoms with E-state index in [0.29, 0.717) is 6.61 Å². The topological polar surface area (TPSA) is 27.1 Å². The van der Waals surface area contributed by atoms with E-state index in [1.165, 1.54) is 16.7 Å². The highest BCUT2D eigenvalue weighted by molar-refractivity contribution is 9.08. The molecule has 0 aliphatic carbocycles. The van der Waals surface area contributed by atoms with Crippen LogP contribution in [0.15, 0.2) is 24.5 Å². The Labute approximate surface area is 116 Å². The van der Waals surface area contributed by atoms with Crippen molar-refractivity contribution in [3.63, 3.8) is 0 Å². The number of aryl methyl sites for hydroxylation is 3. The summed E-state index contributed by atoms with van der Waals surface area (Å²) in [4.78, 5) is 0. The van der Waals surface area contributed by atoms with Gasteiger partial charge in [0, 0.05) is 24.1 Å². The molecule has 1 aromatic heterocycles. The maximum absolute atomic E-state index is 5.90. The summed E-state index contributed by atoms with van der Waals surface area (Å²) in [5.41, 5.74) is 4.71. The molecule has 0 spiro atoms. The van der Waals surface area contributed by atoms with Gasteiger partial charge in [0.05, 0.1) is 6.20 Å². The lowest BCUT2D eigenvalue weighted by Crippen LogP contribution is -1.99. The first-order chi connectivity index (χ1) is 8.60. The van der Waals surface area contributed by atoms with Crippen LogP contribution in [0, 0.1) is 13.8 Å². The molecule has 18 heavy (non-hydrogen) atoms. The third-order valence-corrected chi connectivity index (χ3v) is 3.46. The first-order valence-corrected chi connectivity index (χ1v) is 6.98. The van der Waals surface area contributed by atoms with Crippen LogP contribution in [0.25, 0.3) is 0 Å². The molecule has 0 saturated heterocycles. The third kappa shape index (κ3) is 2.93. The number of nitrogens with zero attached hydrogens (tertiary/aromatic N) is 2. The quantitative estimate of drug-likeness (QED) is 0.808. The van der Waals surface area contributed by atoms with Crippen molar-refractivity contribution in [2.24, 2.45) is 7.05 Å². The van der Waals surface area contributed by atoms with Gasteiger partial charge in [-0.1, -0.05) is 28.1 Å². The highest BCUT2D eigenvalue weighted by atomic mass is 79.9. The average Bonchev–Trinajstić information content (AvgIpc) is 2.73. The van der Waals surface area contributed by atoms with E-state index in [-0.39, 0.29) is 0 Å². The first kappa shape index (κ1) is 13.1. The summed E-state index contributed by atoms with van der Waals surface area (Å²) in [5.74, 6) is 0.976. The van der Waals surface area contributed by atoms with E-state index in [2.05, 4.69) is 47.0 Å². The lowest BCUT2D eigenvalue weighted by Gasteiger charge is -2.12. The van der Waals surface area contributed by atoms with Gasteiger partial charge < -0.3 is 4.74 Å². The molecule has 0 unspecified atom stereocenters. The fourth-order valence-electron chi connectivity index (χ4n) is 2.05. The second-order valence-corrected chi connectivity index (χ2v) is 5.06. The van der Waals surface area contributed by atoms with E-state index in [1.54, 1.807) is 4.68 Å². The van der Waals surface area contributed by atoms with Crippen LogP contribution in [-0.4, -0.2) is 9.78 Å². The van der Waals surface area contributed by atoms with Crippen molar-refractivity contribution in [1.29, 1.82) is 0 Å². The molecule has 0 fully saturated rings. The highest BCUT2D eigenvalue weighted by Gasteiger charge is 2.07. The fraction of sp³-hybridized carbons (Fsp3) is 0.357. The van der Waals surface area contributed by atoms with Crippen LogP contribution >= 0.6 is 15.9 Å². The van der Waals surface area contributed by atoms with Gasteiger partial charge in [-0.2, -0.15) is 5.10 Å². The zero-order valence-corrected chi connectivity index (χ0v) is 12.5. The Morgan fingerprint density at radius 2 is 1.89 bits per heavy atom. The maximum Gasteiger partial charge on any atom is 0.125 e. The van der Waals surface area contributed by atoms with Crippen molar-refractivity contribution in [2.45, 2.75) is 25.8 Å². The number of ether oxygens (including phenoxy) is 1. The number of benzene rings is 1. The Kier molecular flexibility index (Phi) is 4.07. The number of aromatic nitrogens is 2. The van der Waals surface area contributed by atoms with Crippen LogP contribution in [-0.2, 0) is 19.0 Å². The van der Waals surface area contributed by atoms with Crippen LogP contribution < -0.4 is 4.74 Å². The molecule has 2 rings (SSSR count). The molecular weight excluding hydrogens is 292 g/mol. The predicted octanol–water partition coefficient (Wildman–Crippen LogP) is 3.51. The summed E-state index contributed by atoms with van der Waals surface area (Å²) in [5, 5.41) is 5.00. The van der Waals surface area contributed by atoms with Crippen LogP contribution in [0.5, 0.6) is 5.75 Å². The van der Waals surface area contributed by atoms with Gasteiger partial charge in [-0.3, -0.25) is 4.68 Å². The van der Waals surface area contributed by atoms with Crippen molar-refractivity contribution < 1.29 is 4.74 Å².